The number of hydrogen-bond acceptors (Lipinski definition) is 3. The van der Waals surface area contributed by atoms with Gasteiger partial charge in [-0.15, -0.1) is 0 Å². The lowest BCUT2D eigenvalue weighted by molar-refractivity contribution is 0.0584. The zero-order valence-electron chi connectivity index (χ0n) is 12.8. The lowest BCUT2D eigenvalue weighted by Crippen LogP contribution is -2.49. The smallest absolute Gasteiger partial charge is 0.272 e. The van der Waals surface area contributed by atoms with Crippen LogP contribution < -0.4 is 0 Å². The lowest BCUT2D eigenvalue weighted by atomic mass is 9.98. The minimum Gasteiger partial charge on any atom is -0.336 e. The largest absolute Gasteiger partial charge is 0.336 e. The van der Waals surface area contributed by atoms with Gasteiger partial charge in [-0.1, -0.05) is 6.07 Å². The molecule has 0 unspecified atom stereocenters. The summed E-state index contributed by atoms with van der Waals surface area (Å²) < 4.78 is 2.35. The first-order valence-corrected chi connectivity index (χ1v) is 7.94. The number of amides is 1. The maximum absolute atomic E-state index is 12.3. The van der Waals surface area contributed by atoms with Crippen LogP contribution in [0.2, 0.25) is 0 Å². The molecule has 1 saturated heterocycles. The van der Waals surface area contributed by atoms with Crippen LogP contribution in [0, 0.1) is 12.8 Å². The molecule has 2 aliphatic rings. The van der Waals surface area contributed by atoms with Crippen molar-refractivity contribution >= 4 is 5.91 Å². The van der Waals surface area contributed by atoms with Gasteiger partial charge in [0.15, 0.2) is 0 Å². The van der Waals surface area contributed by atoms with E-state index < -0.39 is 0 Å². The van der Waals surface area contributed by atoms with Crippen molar-refractivity contribution in [2.75, 3.05) is 13.1 Å². The second kappa shape index (κ2) is 5.23. The fraction of sp³-hybridized carbons (Fsp3) is 0.471. The van der Waals surface area contributed by atoms with E-state index in [2.05, 4.69) is 21.5 Å². The molecule has 5 heteroatoms. The van der Waals surface area contributed by atoms with E-state index in [1.807, 2.05) is 23.2 Å². The number of likely N-dealkylation sites (tertiary alicyclic amines) is 1. The highest BCUT2D eigenvalue weighted by Crippen LogP contribution is 2.34. The fourth-order valence-corrected chi connectivity index (χ4v) is 3.06. The number of carbonyl (C=O) groups excluding carboxylic acids is 1. The Morgan fingerprint density at radius 1 is 1.27 bits per heavy atom. The van der Waals surface area contributed by atoms with Crippen molar-refractivity contribution in [3.8, 4) is 0 Å². The standard InChI is InChI=1S/C17H20N4O/c1-12-8-19-16(21(12)9-13-5-6-13)14-10-20(11-14)17(22)15-4-2-3-7-18-15/h2-4,7-8,13-14H,5-6,9-11H2,1H3. The summed E-state index contributed by atoms with van der Waals surface area (Å²) >= 11 is 0. The number of aromatic nitrogens is 3. The predicted octanol–water partition coefficient (Wildman–Crippen LogP) is 2.24. The Morgan fingerprint density at radius 3 is 2.77 bits per heavy atom. The van der Waals surface area contributed by atoms with Gasteiger partial charge in [-0.25, -0.2) is 4.98 Å². The van der Waals surface area contributed by atoms with Gasteiger partial charge in [0.05, 0.1) is 5.92 Å². The molecule has 0 aromatic carbocycles. The van der Waals surface area contributed by atoms with Crippen LogP contribution in [0.5, 0.6) is 0 Å². The van der Waals surface area contributed by atoms with Gasteiger partial charge < -0.3 is 9.47 Å². The van der Waals surface area contributed by atoms with E-state index >= 15 is 0 Å². The third-order valence-electron chi connectivity index (χ3n) is 4.64. The Balaban J connectivity index is 1.44. The average Bonchev–Trinajstić information content (AvgIpc) is 3.25. The summed E-state index contributed by atoms with van der Waals surface area (Å²) in [5.41, 5.74) is 1.76. The first-order chi connectivity index (χ1) is 10.7. The molecule has 5 nitrogen and oxygen atoms in total. The summed E-state index contributed by atoms with van der Waals surface area (Å²) in [5.74, 6) is 2.36. The molecule has 2 aromatic heterocycles. The van der Waals surface area contributed by atoms with E-state index in [1.54, 1.807) is 12.3 Å². The first kappa shape index (κ1) is 13.5. The molecular formula is C17H20N4O. The number of aryl methyl sites for hydroxylation is 1. The van der Waals surface area contributed by atoms with Crippen molar-refractivity contribution in [2.45, 2.75) is 32.2 Å². The van der Waals surface area contributed by atoms with Crippen molar-refractivity contribution in [2.24, 2.45) is 5.92 Å². The molecule has 114 valence electrons. The molecule has 2 aromatic rings. The minimum atomic E-state index is 0.0221. The molecular weight excluding hydrogens is 276 g/mol. The minimum absolute atomic E-state index is 0.0221. The molecule has 0 N–H and O–H groups in total. The Hall–Kier alpha value is -2.17. The zero-order valence-corrected chi connectivity index (χ0v) is 12.8. The second-order valence-corrected chi connectivity index (χ2v) is 6.43. The summed E-state index contributed by atoms with van der Waals surface area (Å²) in [6.07, 6.45) is 6.30. The van der Waals surface area contributed by atoms with Crippen LogP contribution in [0.4, 0.5) is 0 Å². The van der Waals surface area contributed by atoms with Crippen LogP contribution in [-0.4, -0.2) is 38.4 Å². The summed E-state index contributed by atoms with van der Waals surface area (Å²) in [5, 5.41) is 0. The maximum Gasteiger partial charge on any atom is 0.272 e. The van der Waals surface area contributed by atoms with Gasteiger partial charge >= 0.3 is 0 Å². The summed E-state index contributed by atoms with van der Waals surface area (Å²) in [7, 11) is 0. The van der Waals surface area contributed by atoms with Crippen molar-refractivity contribution < 1.29 is 4.79 Å². The van der Waals surface area contributed by atoms with E-state index in [4.69, 9.17) is 0 Å². The predicted molar refractivity (Wildman–Crippen MR) is 82.6 cm³/mol. The van der Waals surface area contributed by atoms with Gasteiger partial charge in [-0.3, -0.25) is 9.78 Å². The highest BCUT2D eigenvalue weighted by molar-refractivity contribution is 5.92. The Kier molecular flexibility index (Phi) is 3.21. The number of nitrogens with zero attached hydrogens (tertiary/aromatic N) is 4. The molecule has 0 atom stereocenters. The van der Waals surface area contributed by atoms with Crippen molar-refractivity contribution in [1.29, 1.82) is 0 Å². The SMILES string of the molecule is Cc1cnc(C2CN(C(=O)c3ccccn3)C2)n1CC1CC1. The molecule has 1 amide bonds. The topological polar surface area (TPSA) is 51.0 Å². The molecule has 4 rings (SSSR count). The highest BCUT2D eigenvalue weighted by atomic mass is 16.2. The van der Waals surface area contributed by atoms with Crippen molar-refractivity contribution in [3.63, 3.8) is 0 Å². The van der Waals surface area contributed by atoms with Crippen molar-refractivity contribution in [3.05, 3.63) is 47.8 Å². The monoisotopic (exact) mass is 296 g/mol. The molecule has 0 bridgehead atoms. The molecule has 0 spiro atoms. The molecule has 1 saturated carbocycles. The summed E-state index contributed by atoms with van der Waals surface area (Å²) in [6.45, 7) is 4.70. The van der Waals surface area contributed by atoms with Gasteiger partial charge in [0.25, 0.3) is 5.91 Å². The quantitative estimate of drug-likeness (QED) is 0.869. The van der Waals surface area contributed by atoms with Gasteiger partial charge in [0.2, 0.25) is 0 Å². The number of carbonyl (C=O) groups is 1. The number of rotatable bonds is 4. The van der Waals surface area contributed by atoms with Gasteiger partial charge in [0.1, 0.15) is 11.5 Å². The molecule has 1 aliphatic carbocycles. The van der Waals surface area contributed by atoms with Gasteiger partial charge in [-0.2, -0.15) is 0 Å². The second-order valence-electron chi connectivity index (χ2n) is 6.43. The molecule has 1 aliphatic heterocycles. The third-order valence-corrected chi connectivity index (χ3v) is 4.64. The van der Waals surface area contributed by atoms with Crippen LogP contribution in [0.1, 0.15) is 40.8 Å². The van der Waals surface area contributed by atoms with Crippen LogP contribution in [0.25, 0.3) is 0 Å². The Morgan fingerprint density at radius 2 is 2.09 bits per heavy atom. The van der Waals surface area contributed by atoms with E-state index in [1.165, 1.54) is 18.5 Å². The van der Waals surface area contributed by atoms with E-state index in [-0.39, 0.29) is 5.91 Å². The van der Waals surface area contributed by atoms with Crippen LogP contribution in [0.3, 0.4) is 0 Å². The lowest BCUT2D eigenvalue weighted by Gasteiger charge is -2.38. The van der Waals surface area contributed by atoms with E-state index in [9.17, 15) is 4.79 Å². The Labute approximate surface area is 130 Å². The van der Waals surface area contributed by atoms with Crippen LogP contribution >= 0.6 is 0 Å². The molecule has 0 radical (unpaired) electrons. The third kappa shape index (κ3) is 2.40. The number of hydrogen-bond donors (Lipinski definition) is 0. The Bertz CT molecular complexity index is 684. The number of pyridine rings is 1. The molecule has 3 heterocycles. The van der Waals surface area contributed by atoms with E-state index in [0.29, 0.717) is 11.6 Å². The van der Waals surface area contributed by atoms with Crippen LogP contribution in [0.15, 0.2) is 30.6 Å². The molecule has 2 fully saturated rings. The van der Waals surface area contributed by atoms with Gasteiger partial charge in [0, 0.05) is 37.7 Å². The van der Waals surface area contributed by atoms with Crippen molar-refractivity contribution in [1.82, 2.24) is 19.4 Å². The van der Waals surface area contributed by atoms with E-state index in [0.717, 1.165) is 31.4 Å². The van der Waals surface area contributed by atoms with Gasteiger partial charge in [-0.05, 0) is 37.8 Å². The first-order valence-electron chi connectivity index (χ1n) is 7.94. The highest BCUT2D eigenvalue weighted by Gasteiger charge is 2.36. The summed E-state index contributed by atoms with van der Waals surface area (Å²) in [6, 6.07) is 5.45. The number of imidazole rings is 1. The average molecular weight is 296 g/mol. The normalized spacial score (nSPS) is 18.3. The van der Waals surface area contributed by atoms with Crippen LogP contribution in [-0.2, 0) is 6.54 Å². The fourth-order valence-electron chi connectivity index (χ4n) is 3.06. The zero-order chi connectivity index (χ0) is 15.1. The summed E-state index contributed by atoms with van der Waals surface area (Å²) in [4.78, 5) is 22.9. The maximum atomic E-state index is 12.3. The molecule has 22 heavy (non-hydrogen) atoms.